The van der Waals surface area contributed by atoms with Crippen molar-refractivity contribution >= 4 is 5.69 Å². The minimum absolute atomic E-state index is 0.488. The summed E-state index contributed by atoms with van der Waals surface area (Å²) in [4.78, 5) is 0. The van der Waals surface area contributed by atoms with E-state index in [1.165, 1.54) is 0 Å². The summed E-state index contributed by atoms with van der Waals surface area (Å²) >= 11 is 0. The van der Waals surface area contributed by atoms with Gasteiger partial charge in [-0.2, -0.15) is 0 Å². The van der Waals surface area contributed by atoms with E-state index in [9.17, 15) is 0 Å². The molecule has 1 aromatic carbocycles. The van der Waals surface area contributed by atoms with Gasteiger partial charge in [-0.15, -0.1) is 0 Å². The molecule has 1 rings (SSSR count). The number of nitrogen functional groups attached to an aromatic ring is 1. The van der Waals surface area contributed by atoms with Gasteiger partial charge in [-0.25, -0.2) is 0 Å². The molecule has 0 aliphatic heterocycles. The van der Waals surface area contributed by atoms with Gasteiger partial charge in [0.25, 0.3) is 0 Å². The molecule has 1 aromatic rings. The summed E-state index contributed by atoms with van der Waals surface area (Å²) in [5, 5.41) is 0. The van der Waals surface area contributed by atoms with Crippen LogP contribution < -0.4 is 16.2 Å². The summed E-state index contributed by atoms with van der Waals surface area (Å²) in [6.07, 6.45) is 0. The lowest BCUT2D eigenvalue weighted by atomic mass is 10.2. The first-order chi connectivity index (χ1) is 5.26. The zero-order chi connectivity index (χ0) is 8.27. The van der Waals surface area contributed by atoms with Crippen LogP contribution in [0.3, 0.4) is 0 Å². The van der Waals surface area contributed by atoms with Crippen LogP contribution in [0.5, 0.6) is 5.75 Å². The minimum Gasteiger partial charge on any atom is -0.497 e. The van der Waals surface area contributed by atoms with Crippen LogP contribution in [-0.4, -0.2) is 7.11 Å². The van der Waals surface area contributed by atoms with Crippen molar-refractivity contribution in [3.8, 4) is 5.75 Å². The molecule has 3 heteroatoms. The maximum Gasteiger partial charge on any atom is 0.121 e. The van der Waals surface area contributed by atoms with Crippen molar-refractivity contribution in [2.45, 2.75) is 6.54 Å². The molecule has 0 aliphatic rings. The first-order valence-electron chi connectivity index (χ1n) is 3.39. The number of hydrogen-bond acceptors (Lipinski definition) is 3. The summed E-state index contributed by atoms with van der Waals surface area (Å²) in [5.41, 5.74) is 12.7. The molecule has 0 radical (unpaired) electrons. The zero-order valence-electron chi connectivity index (χ0n) is 6.50. The Morgan fingerprint density at radius 3 is 2.64 bits per heavy atom. The van der Waals surface area contributed by atoms with E-state index in [4.69, 9.17) is 16.2 Å². The summed E-state index contributed by atoms with van der Waals surface area (Å²) in [5.74, 6) is 0.755. The van der Waals surface area contributed by atoms with Crippen LogP contribution in [0.25, 0.3) is 0 Å². The molecule has 0 saturated heterocycles. The molecule has 0 spiro atoms. The number of rotatable bonds is 2. The summed E-state index contributed by atoms with van der Waals surface area (Å²) in [7, 11) is 1.61. The van der Waals surface area contributed by atoms with Crippen LogP contribution in [-0.2, 0) is 6.54 Å². The van der Waals surface area contributed by atoms with E-state index in [0.717, 1.165) is 11.3 Å². The van der Waals surface area contributed by atoms with Crippen LogP contribution in [0.15, 0.2) is 18.2 Å². The van der Waals surface area contributed by atoms with E-state index in [1.54, 1.807) is 13.2 Å². The van der Waals surface area contributed by atoms with E-state index < -0.39 is 0 Å². The van der Waals surface area contributed by atoms with Crippen molar-refractivity contribution in [2.24, 2.45) is 5.73 Å². The van der Waals surface area contributed by atoms with Crippen molar-refractivity contribution in [2.75, 3.05) is 12.8 Å². The lowest BCUT2D eigenvalue weighted by Crippen LogP contribution is -1.98. The van der Waals surface area contributed by atoms with E-state index in [2.05, 4.69) is 0 Å². The highest BCUT2D eigenvalue weighted by Gasteiger charge is 1.95. The third kappa shape index (κ3) is 1.85. The Morgan fingerprint density at radius 1 is 1.36 bits per heavy atom. The van der Waals surface area contributed by atoms with Gasteiger partial charge in [0.2, 0.25) is 0 Å². The number of benzene rings is 1. The van der Waals surface area contributed by atoms with Crippen LogP contribution >= 0.6 is 0 Å². The lowest BCUT2D eigenvalue weighted by Gasteiger charge is -2.03. The Morgan fingerprint density at radius 2 is 2.09 bits per heavy atom. The molecule has 0 atom stereocenters. The molecule has 0 bridgehead atoms. The predicted octanol–water partition coefficient (Wildman–Crippen LogP) is 0.736. The second-order valence-electron chi connectivity index (χ2n) is 2.32. The zero-order valence-corrected chi connectivity index (χ0v) is 6.50. The Labute approximate surface area is 66.0 Å². The molecule has 60 valence electrons. The summed E-state index contributed by atoms with van der Waals surface area (Å²) in [6.45, 7) is 0.488. The van der Waals surface area contributed by atoms with Crippen molar-refractivity contribution in [3.05, 3.63) is 23.8 Å². The normalized spacial score (nSPS) is 9.64. The molecular weight excluding hydrogens is 140 g/mol. The van der Waals surface area contributed by atoms with Gasteiger partial charge < -0.3 is 16.2 Å². The van der Waals surface area contributed by atoms with E-state index in [0.29, 0.717) is 12.2 Å². The first-order valence-corrected chi connectivity index (χ1v) is 3.39. The van der Waals surface area contributed by atoms with Crippen LogP contribution in [0.2, 0.25) is 0 Å². The maximum atomic E-state index is 5.58. The predicted molar refractivity (Wildman–Crippen MR) is 45.3 cm³/mol. The fourth-order valence-electron chi connectivity index (χ4n) is 0.922. The number of methoxy groups -OCH3 is 1. The van der Waals surface area contributed by atoms with Gasteiger partial charge in [0.05, 0.1) is 7.11 Å². The number of ether oxygens (including phenoxy) is 1. The molecule has 0 saturated carbocycles. The highest BCUT2D eigenvalue weighted by molar-refractivity contribution is 5.47. The van der Waals surface area contributed by atoms with Gasteiger partial charge in [0.15, 0.2) is 0 Å². The van der Waals surface area contributed by atoms with Crippen molar-refractivity contribution < 1.29 is 4.74 Å². The summed E-state index contributed by atoms with van der Waals surface area (Å²) < 4.78 is 5.00. The van der Waals surface area contributed by atoms with Gasteiger partial charge >= 0.3 is 0 Å². The molecule has 4 N–H and O–H groups in total. The summed E-state index contributed by atoms with van der Waals surface area (Å²) in [6, 6.07) is 5.47. The lowest BCUT2D eigenvalue weighted by molar-refractivity contribution is 0.414. The molecule has 0 unspecified atom stereocenters. The van der Waals surface area contributed by atoms with Crippen LogP contribution in [0.4, 0.5) is 5.69 Å². The molecule has 11 heavy (non-hydrogen) atoms. The fraction of sp³-hybridized carbons (Fsp3) is 0.250. The monoisotopic (exact) mass is 152 g/mol. The quantitative estimate of drug-likeness (QED) is 0.614. The number of anilines is 1. The van der Waals surface area contributed by atoms with Gasteiger partial charge in [0.1, 0.15) is 5.75 Å². The van der Waals surface area contributed by atoms with Gasteiger partial charge in [-0.3, -0.25) is 0 Å². The molecule has 0 aromatic heterocycles. The van der Waals surface area contributed by atoms with Gasteiger partial charge in [-0.05, 0) is 17.7 Å². The van der Waals surface area contributed by atoms with Gasteiger partial charge in [0, 0.05) is 18.3 Å². The van der Waals surface area contributed by atoms with E-state index in [-0.39, 0.29) is 0 Å². The van der Waals surface area contributed by atoms with E-state index in [1.807, 2.05) is 12.1 Å². The Bertz CT molecular complexity index is 226. The maximum absolute atomic E-state index is 5.58. The third-order valence-corrected chi connectivity index (χ3v) is 1.46. The minimum atomic E-state index is 0.488. The molecule has 0 amide bonds. The van der Waals surface area contributed by atoms with Crippen molar-refractivity contribution in [1.29, 1.82) is 0 Å². The second-order valence-corrected chi connectivity index (χ2v) is 2.32. The Hall–Kier alpha value is -1.22. The van der Waals surface area contributed by atoms with E-state index >= 15 is 0 Å². The highest BCUT2D eigenvalue weighted by atomic mass is 16.5. The largest absolute Gasteiger partial charge is 0.497 e. The molecule has 0 aliphatic carbocycles. The number of nitrogens with two attached hydrogens (primary N) is 2. The smallest absolute Gasteiger partial charge is 0.121 e. The van der Waals surface area contributed by atoms with Crippen LogP contribution in [0, 0.1) is 0 Å². The van der Waals surface area contributed by atoms with Crippen LogP contribution in [0.1, 0.15) is 5.56 Å². The standard InChI is InChI=1S/C8H12N2O/c1-11-8-3-6(5-9)2-7(10)4-8/h2-4H,5,9-10H2,1H3. The molecular formula is C8H12N2O. The molecule has 3 nitrogen and oxygen atoms in total. The highest BCUT2D eigenvalue weighted by Crippen LogP contribution is 2.17. The van der Waals surface area contributed by atoms with Crippen molar-refractivity contribution in [1.82, 2.24) is 0 Å². The Kier molecular flexibility index (Phi) is 2.33. The number of hydrogen-bond donors (Lipinski definition) is 2. The molecule has 0 heterocycles. The van der Waals surface area contributed by atoms with Crippen molar-refractivity contribution in [3.63, 3.8) is 0 Å². The fourth-order valence-corrected chi connectivity index (χ4v) is 0.922. The second kappa shape index (κ2) is 3.25. The Balaban J connectivity index is 3.02. The topological polar surface area (TPSA) is 61.3 Å². The SMILES string of the molecule is COc1cc(N)cc(CN)c1. The average Bonchev–Trinajstić information content (AvgIpc) is 2.03. The molecule has 0 fully saturated rings. The first kappa shape index (κ1) is 7.88. The third-order valence-electron chi connectivity index (χ3n) is 1.46. The van der Waals surface area contributed by atoms with Gasteiger partial charge in [-0.1, -0.05) is 0 Å². The average molecular weight is 152 g/mol.